The maximum absolute atomic E-state index is 6.90. The maximum Gasteiger partial charge on any atom is 0.143 e. The van der Waals surface area contributed by atoms with Crippen LogP contribution in [0, 0.1) is 0 Å². The highest BCUT2D eigenvalue weighted by molar-refractivity contribution is 6.23. The van der Waals surface area contributed by atoms with Gasteiger partial charge in [0, 0.05) is 32.8 Å². The lowest BCUT2D eigenvalue weighted by molar-refractivity contribution is 0.673. The average Bonchev–Trinajstić information content (AvgIpc) is 3.69. The van der Waals surface area contributed by atoms with Gasteiger partial charge in [-0.1, -0.05) is 194 Å². The monoisotopic (exact) mass is 739 g/mol. The van der Waals surface area contributed by atoms with Crippen LogP contribution < -0.4 is 4.90 Å². The number of rotatable bonds is 7. The molecule has 0 saturated heterocycles. The van der Waals surface area contributed by atoms with Crippen LogP contribution in [0.2, 0.25) is 0 Å². The Balaban J connectivity index is 1.19. The van der Waals surface area contributed by atoms with Crippen molar-refractivity contribution >= 4 is 60.5 Å². The molecule has 0 aliphatic heterocycles. The molecule has 0 aliphatic carbocycles. The number of furan rings is 1. The summed E-state index contributed by atoms with van der Waals surface area (Å²) < 4.78 is 6.90. The van der Waals surface area contributed by atoms with E-state index >= 15 is 0 Å². The average molecular weight is 740 g/mol. The molecule has 0 N–H and O–H groups in total. The number of para-hydroxylation sites is 1. The predicted octanol–water partition coefficient (Wildman–Crippen LogP) is 16.0. The highest BCUT2D eigenvalue weighted by Gasteiger charge is 2.24. The molecule has 2 heteroatoms. The molecule has 0 amide bonds. The van der Waals surface area contributed by atoms with Crippen molar-refractivity contribution in [2.75, 3.05) is 4.90 Å². The highest BCUT2D eigenvalue weighted by atomic mass is 16.3. The van der Waals surface area contributed by atoms with Crippen molar-refractivity contribution in [1.82, 2.24) is 0 Å². The molecule has 0 unspecified atom stereocenters. The lowest BCUT2D eigenvalue weighted by Crippen LogP contribution is -2.12. The van der Waals surface area contributed by atoms with E-state index in [9.17, 15) is 0 Å². The van der Waals surface area contributed by atoms with E-state index in [4.69, 9.17) is 4.42 Å². The number of hydrogen-bond donors (Lipinski definition) is 0. The molecule has 0 radical (unpaired) electrons. The van der Waals surface area contributed by atoms with Gasteiger partial charge in [0.25, 0.3) is 0 Å². The maximum atomic E-state index is 6.90. The van der Waals surface area contributed by atoms with Gasteiger partial charge in [-0.05, 0) is 80.0 Å². The van der Waals surface area contributed by atoms with E-state index < -0.39 is 0 Å². The molecule has 0 saturated carbocycles. The van der Waals surface area contributed by atoms with E-state index in [1.165, 1.54) is 38.6 Å². The highest BCUT2D eigenvalue weighted by Crippen LogP contribution is 2.49. The molecule has 0 fully saturated rings. The minimum absolute atomic E-state index is 0.869. The van der Waals surface area contributed by atoms with Gasteiger partial charge in [0.05, 0.1) is 11.4 Å². The van der Waals surface area contributed by atoms with Crippen LogP contribution in [0.1, 0.15) is 0 Å². The minimum atomic E-state index is 0.869. The molecule has 11 aromatic rings. The second kappa shape index (κ2) is 14.1. The molecule has 0 bridgehead atoms. The largest absolute Gasteiger partial charge is 0.455 e. The molecule has 10 aromatic carbocycles. The molecule has 0 aliphatic rings. The van der Waals surface area contributed by atoms with E-state index in [-0.39, 0.29) is 0 Å². The third kappa shape index (κ3) is 5.74. The molecule has 58 heavy (non-hydrogen) atoms. The van der Waals surface area contributed by atoms with E-state index in [0.29, 0.717) is 0 Å². The molecule has 2 nitrogen and oxygen atoms in total. The molecular formula is C56H37NO. The summed E-state index contributed by atoms with van der Waals surface area (Å²) in [6.45, 7) is 0. The Morgan fingerprint density at radius 2 is 0.879 bits per heavy atom. The Morgan fingerprint density at radius 3 is 1.67 bits per heavy atom. The molecule has 1 heterocycles. The Kier molecular flexibility index (Phi) is 8.19. The van der Waals surface area contributed by atoms with Crippen LogP contribution in [-0.4, -0.2) is 0 Å². The van der Waals surface area contributed by atoms with E-state index in [2.05, 4.69) is 229 Å². The third-order valence-electron chi connectivity index (χ3n) is 11.5. The number of fused-ring (bicyclic) bond motifs is 6. The summed E-state index contributed by atoms with van der Waals surface area (Å²) >= 11 is 0. The van der Waals surface area contributed by atoms with Gasteiger partial charge < -0.3 is 9.32 Å². The number of hydrogen-bond acceptors (Lipinski definition) is 2. The number of anilines is 3. The fourth-order valence-electron chi connectivity index (χ4n) is 8.74. The number of nitrogens with zero attached hydrogens (tertiary/aromatic N) is 1. The summed E-state index contributed by atoms with van der Waals surface area (Å²) in [5.41, 5.74) is 14.4. The molecule has 272 valence electrons. The van der Waals surface area contributed by atoms with Crippen molar-refractivity contribution in [2.45, 2.75) is 0 Å². The zero-order valence-corrected chi connectivity index (χ0v) is 31.7. The van der Waals surface area contributed by atoms with Gasteiger partial charge >= 0.3 is 0 Å². The number of benzene rings is 10. The first kappa shape index (κ1) is 33.6. The molecular weight excluding hydrogens is 703 g/mol. The smallest absolute Gasteiger partial charge is 0.143 e. The lowest BCUT2D eigenvalue weighted by atomic mass is 9.91. The van der Waals surface area contributed by atoms with Gasteiger partial charge in [0.1, 0.15) is 11.2 Å². The third-order valence-corrected chi connectivity index (χ3v) is 11.5. The van der Waals surface area contributed by atoms with E-state index in [1.54, 1.807) is 0 Å². The molecule has 1 aromatic heterocycles. The SMILES string of the molecule is c1ccc(-c2ccc(-c3ccccc3N(c3ccc4ccccc4c3)c3cc4c(oc5cccc(-c6ccccc6-c6ccccc6)c54)c4ccccc34)cc2)cc1. The van der Waals surface area contributed by atoms with Gasteiger partial charge in [-0.3, -0.25) is 0 Å². The summed E-state index contributed by atoms with van der Waals surface area (Å²) in [6.07, 6.45) is 0. The summed E-state index contributed by atoms with van der Waals surface area (Å²) in [5, 5.41) is 6.77. The van der Waals surface area contributed by atoms with Crippen molar-refractivity contribution < 1.29 is 4.42 Å². The van der Waals surface area contributed by atoms with Crippen LogP contribution in [0.3, 0.4) is 0 Å². The Morgan fingerprint density at radius 1 is 0.310 bits per heavy atom. The van der Waals surface area contributed by atoms with Gasteiger partial charge in [-0.25, -0.2) is 0 Å². The quantitative estimate of drug-likeness (QED) is 0.162. The van der Waals surface area contributed by atoms with Crippen LogP contribution in [-0.2, 0) is 0 Å². The van der Waals surface area contributed by atoms with Crippen LogP contribution in [0.4, 0.5) is 17.1 Å². The molecule has 0 atom stereocenters. The molecule has 0 spiro atoms. The second-order valence-electron chi connectivity index (χ2n) is 14.8. The van der Waals surface area contributed by atoms with Crippen molar-refractivity contribution in [1.29, 1.82) is 0 Å². The van der Waals surface area contributed by atoms with Crippen molar-refractivity contribution in [3.8, 4) is 44.5 Å². The van der Waals surface area contributed by atoms with Crippen LogP contribution in [0.25, 0.3) is 88.0 Å². The summed E-state index contributed by atoms with van der Waals surface area (Å²) in [5.74, 6) is 0. The minimum Gasteiger partial charge on any atom is -0.455 e. The van der Waals surface area contributed by atoms with Gasteiger partial charge in [0.2, 0.25) is 0 Å². The summed E-state index contributed by atoms with van der Waals surface area (Å²) in [4.78, 5) is 2.45. The Bertz CT molecular complexity index is 3270. The topological polar surface area (TPSA) is 16.4 Å². The first-order valence-corrected chi connectivity index (χ1v) is 19.8. The lowest BCUT2D eigenvalue weighted by Gasteiger charge is -2.29. The van der Waals surface area contributed by atoms with E-state index in [0.717, 1.165) is 66.5 Å². The Hall–Kier alpha value is -7.68. The predicted molar refractivity (Wildman–Crippen MR) is 245 cm³/mol. The van der Waals surface area contributed by atoms with Gasteiger partial charge in [-0.2, -0.15) is 0 Å². The van der Waals surface area contributed by atoms with Crippen molar-refractivity contribution in [3.63, 3.8) is 0 Å². The summed E-state index contributed by atoms with van der Waals surface area (Å²) in [7, 11) is 0. The molecule has 11 rings (SSSR count). The summed E-state index contributed by atoms with van der Waals surface area (Å²) in [6, 6.07) is 80.6. The first-order valence-electron chi connectivity index (χ1n) is 19.8. The normalized spacial score (nSPS) is 11.4. The fourth-order valence-corrected chi connectivity index (χ4v) is 8.74. The van der Waals surface area contributed by atoms with Crippen LogP contribution >= 0.6 is 0 Å². The zero-order valence-electron chi connectivity index (χ0n) is 31.7. The first-order chi connectivity index (χ1) is 28.8. The van der Waals surface area contributed by atoms with Crippen molar-refractivity contribution in [2.24, 2.45) is 0 Å². The van der Waals surface area contributed by atoms with Gasteiger partial charge in [0.15, 0.2) is 0 Å². The second-order valence-corrected chi connectivity index (χ2v) is 14.8. The van der Waals surface area contributed by atoms with Crippen molar-refractivity contribution in [3.05, 3.63) is 224 Å². The van der Waals surface area contributed by atoms with Crippen LogP contribution in [0.15, 0.2) is 229 Å². The van der Waals surface area contributed by atoms with Crippen LogP contribution in [0.5, 0.6) is 0 Å². The zero-order chi connectivity index (χ0) is 38.4. The van der Waals surface area contributed by atoms with Gasteiger partial charge in [-0.15, -0.1) is 0 Å². The fraction of sp³-hybridized carbons (Fsp3) is 0. The standard InChI is InChI=1S/C56H37NO/c1-3-16-38(17-4-1)40-30-32-42(33-31-40)46-23-13-14-28-52(46)57(44-35-34-39-18-7-8-21-43(39)36-44)53-37-51-55-49(47-24-10-9-22-45(47)41-19-5-2-6-20-41)27-15-29-54(55)58-56(51)50-26-12-11-25-48(50)53/h1-37H. The van der Waals surface area contributed by atoms with E-state index in [1.807, 2.05) is 0 Å². The Labute approximate surface area is 337 Å².